The van der Waals surface area contributed by atoms with Gasteiger partial charge < -0.3 is 57.6 Å². The SMILES string of the molecule is CCN1CCN(CCCCC(=O)N[C@@H](CCCN=C(N)N)C(=O)N2CCC[C@H]2C(=O)N[C@@H](Cc2ccc(O)cc2)C(=O)N[C@H](C(=O)N[C@@H](CC(C)C)C(=O)O)C(C)(C)C)C1=N. The average Bonchev–Trinajstić information content (AvgIpc) is 3.82. The molecule has 0 unspecified atom stereocenters. The Balaban J connectivity index is 1.78. The molecule has 61 heavy (non-hydrogen) atoms. The molecule has 19 heteroatoms. The Kier molecular flexibility index (Phi) is 19.1. The van der Waals surface area contributed by atoms with Crippen molar-refractivity contribution < 1.29 is 39.0 Å². The summed E-state index contributed by atoms with van der Waals surface area (Å²) < 4.78 is 0. The lowest BCUT2D eigenvalue weighted by Gasteiger charge is -2.33. The van der Waals surface area contributed by atoms with Gasteiger partial charge in [-0.05, 0) is 80.9 Å². The minimum Gasteiger partial charge on any atom is -0.508 e. The van der Waals surface area contributed by atoms with E-state index in [2.05, 4.69) is 26.3 Å². The summed E-state index contributed by atoms with van der Waals surface area (Å²) in [5, 5.41) is 39.0. The Morgan fingerprint density at radius 3 is 2.15 bits per heavy atom. The molecule has 11 N–H and O–H groups in total. The first kappa shape index (κ1) is 49.7. The molecule has 0 aliphatic carbocycles. The van der Waals surface area contributed by atoms with Gasteiger partial charge in [0.05, 0.1) is 0 Å². The number of carboxylic acid groups (broad SMARTS) is 1. The minimum atomic E-state index is -1.25. The molecule has 0 spiro atoms. The summed E-state index contributed by atoms with van der Waals surface area (Å²) >= 11 is 0. The predicted molar refractivity (Wildman–Crippen MR) is 231 cm³/mol. The number of guanidine groups is 2. The topological polar surface area (TPSA) is 289 Å². The quantitative estimate of drug-likeness (QED) is 0.0421. The molecule has 340 valence electrons. The van der Waals surface area contributed by atoms with Gasteiger partial charge in [0.2, 0.25) is 29.5 Å². The summed E-state index contributed by atoms with van der Waals surface area (Å²) in [5.74, 6) is -3.66. The molecule has 0 radical (unpaired) electrons. The number of phenolic OH excluding ortho intramolecular Hbond substituents is 1. The maximum absolute atomic E-state index is 14.2. The number of amides is 5. The van der Waals surface area contributed by atoms with Crippen molar-refractivity contribution in [3.8, 4) is 5.75 Å². The van der Waals surface area contributed by atoms with Crippen LogP contribution >= 0.6 is 0 Å². The van der Waals surface area contributed by atoms with Gasteiger partial charge >= 0.3 is 5.97 Å². The fraction of sp³-hybridized carbons (Fsp3) is 0.667. The van der Waals surface area contributed by atoms with Crippen LogP contribution in [0.2, 0.25) is 0 Å². The normalized spacial score (nSPS) is 17.3. The molecule has 0 aromatic heterocycles. The third-order valence-corrected chi connectivity index (χ3v) is 10.9. The van der Waals surface area contributed by atoms with E-state index in [1.807, 2.05) is 30.6 Å². The van der Waals surface area contributed by atoms with Crippen molar-refractivity contribution in [2.45, 2.75) is 130 Å². The van der Waals surface area contributed by atoms with E-state index in [0.29, 0.717) is 50.2 Å². The van der Waals surface area contributed by atoms with Gasteiger partial charge in [-0.25, -0.2) is 4.79 Å². The van der Waals surface area contributed by atoms with E-state index in [9.17, 15) is 39.0 Å². The Morgan fingerprint density at radius 2 is 1.56 bits per heavy atom. The summed E-state index contributed by atoms with van der Waals surface area (Å²) in [5.41, 5.74) is 10.7. The molecule has 19 nitrogen and oxygen atoms in total. The third kappa shape index (κ3) is 15.7. The van der Waals surface area contributed by atoms with Gasteiger partial charge in [-0.2, -0.15) is 0 Å². The monoisotopic (exact) mass is 856 g/mol. The largest absolute Gasteiger partial charge is 0.508 e. The van der Waals surface area contributed by atoms with E-state index >= 15 is 0 Å². The zero-order valence-electron chi connectivity index (χ0n) is 36.7. The number of hydrogen-bond donors (Lipinski definition) is 9. The average molecular weight is 856 g/mol. The molecule has 2 heterocycles. The van der Waals surface area contributed by atoms with Gasteiger partial charge in [0.25, 0.3) is 0 Å². The van der Waals surface area contributed by atoms with Gasteiger partial charge in [-0.1, -0.05) is 46.8 Å². The number of likely N-dealkylation sites (N-methyl/N-ethyl adjacent to an activating group) is 1. The summed E-state index contributed by atoms with van der Waals surface area (Å²) in [6.45, 7) is 14.3. The first-order valence-electron chi connectivity index (χ1n) is 21.4. The molecular weight excluding hydrogens is 787 g/mol. The molecule has 2 saturated heterocycles. The van der Waals surface area contributed by atoms with Crippen molar-refractivity contribution in [3.63, 3.8) is 0 Å². The van der Waals surface area contributed by atoms with Crippen LogP contribution in [0, 0.1) is 16.7 Å². The molecule has 5 atom stereocenters. The lowest BCUT2D eigenvalue weighted by molar-refractivity contribution is -0.143. The van der Waals surface area contributed by atoms with E-state index < -0.39 is 65.2 Å². The fourth-order valence-electron chi connectivity index (χ4n) is 7.51. The van der Waals surface area contributed by atoms with E-state index in [-0.39, 0.29) is 62.3 Å². The number of nitrogens with zero attached hydrogens (tertiary/aromatic N) is 4. The standard InChI is InChI=1S/C42H69N11O8/c1-7-51-22-23-52(41(51)45)20-9-8-14-33(55)47-29(12-10-19-46-40(43)44)38(59)53-21-11-13-32(53)36(57)48-30(25-27-15-17-28(54)18-16-27)35(56)50-34(42(4,5)6)37(58)49-31(39(60)61)24-26(2)3/h15-18,26,29-32,34,45,54H,7-14,19-25H2,1-6H3,(H,47,55)(H,48,57)(H,49,58)(H,50,56)(H,60,61)(H4,43,44,46)/t29-,30-,31-,32-,34+/m0/s1. The number of aromatic hydroxyl groups is 1. The molecule has 0 saturated carbocycles. The number of aliphatic imine (C=N–C) groups is 1. The number of carbonyl (C=O) groups excluding carboxylic acids is 5. The third-order valence-electron chi connectivity index (χ3n) is 10.9. The predicted octanol–water partition coefficient (Wildman–Crippen LogP) is 0.838. The lowest BCUT2D eigenvalue weighted by Crippen LogP contribution is -2.61. The van der Waals surface area contributed by atoms with Crippen molar-refractivity contribution in [2.24, 2.45) is 27.8 Å². The number of hydrogen-bond acceptors (Lipinski definition) is 9. The van der Waals surface area contributed by atoms with Crippen LogP contribution in [0.5, 0.6) is 5.75 Å². The Hall–Kier alpha value is -5.62. The highest BCUT2D eigenvalue weighted by Gasteiger charge is 2.41. The smallest absolute Gasteiger partial charge is 0.326 e. The number of carboxylic acids is 1. The minimum absolute atomic E-state index is 0.000348. The number of unbranched alkanes of at least 4 members (excludes halogenated alkanes) is 1. The molecule has 2 aliphatic rings. The Bertz CT molecular complexity index is 1710. The van der Waals surface area contributed by atoms with Crippen LogP contribution < -0.4 is 32.7 Å². The van der Waals surface area contributed by atoms with Crippen molar-refractivity contribution in [1.82, 2.24) is 36.0 Å². The van der Waals surface area contributed by atoms with Crippen LogP contribution in [0.25, 0.3) is 0 Å². The summed E-state index contributed by atoms with van der Waals surface area (Å²) in [6.07, 6.45) is 2.88. The molecule has 5 amide bonds. The highest BCUT2D eigenvalue weighted by atomic mass is 16.4. The van der Waals surface area contributed by atoms with E-state index in [1.54, 1.807) is 32.9 Å². The molecule has 2 aliphatic heterocycles. The second kappa shape index (κ2) is 23.4. The number of nitrogens with two attached hydrogens (primary N) is 2. The van der Waals surface area contributed by atoms with Crippen molar-refractivity contribution in [2.75, 3.05) is 39.3 Å². The van der Waals surface area contributed by atoms with E-state index in [0.717, 1.165) is 19.6 Å². The summed E-state index contributed by atoms with van der Waals surface area (Å²) in [4.78, 5) is 90.8. The fourth-order valence-corrected chi connectivity index (χ4v) is 7.51. The van der Waals surface area contributed by atoms with Gasteiger partial charge in [-0.15, -0.1) is 0 Å². The van der Waals surface area contributed by atoms with Crippen LogP contribution in [-0.2, 0) is 35.2 Å². The van der Waals surface area contributed by atoms with Crippen molar-refractivity contribution in [3.05, 3.63) is 29.8 Å². The molecule has 3 rings (SSSR count). The highest BCUT2D eigenvalue weighted by molar-refractivity contribution is 5.96. The number of likely N-dealkylation sites (tertiary alicyclic amines) is 1. The second-order valence-corrected chi connectivity index (χ2v) is 17.4. The number of carbonyl (C=O) groups is 6. The number of benzene rings is 1. The highest BCUT2D eigenvalue weighted by Crippen LogP contribution is 2.23. The van der Waals surface area contributed by atoms with Gasteiger partial charge in [-0.3, -0.25) is 34.4 Å². The molecule has 2 fully saturated rings. The zero-order valence-corrected chi connectivity index (χ0v) is 36.7. The Morgan fingerprint density at radius 1 is 0.885 bits per heavy atom. The molecule has 1 aromatic carbocycles. The number of rotatable bonds is 23. The number of phenols is 1. The van der Waals surface area contributed by atoms with Gasteiger partial charge in [0.1, 0.15) is 36.0 Å². The van der Waals surface area contributed by atoms with Crippen molar-refractivity contribution >= 4 is 47.4 Å². The molecule has 0 bridgehead atoms. The zero-order chi connectivity index (χ0) is 45.4. The molecular formula is C42H69N11O8. The Labute approximate surface area is 359 Å². The van der Waals surface area contributed by atoms with Gasteiger partial charge in [0, 0.05) is 52.1 Å². The van der Waals surface area contributed by atoms with E-state index in [1.165, 1.54) is 17.0 Å². The summed E-state index contributed by atoms with van der Waals surface area (Å²) in [6, 6.07) is 0.488. The first-order valence-corrected chi connectivity index (χ1v) is 21.4. The maximum Gasteiger partial charge on any atom is 0.326 e. The number of aliphatic carboxylic acids is 1. The lowest BCUT2D eigenvalue weighted by atomic mass is 9.85. The van der Waals surface area contributed by atoms with Gasteiger partial charge in [0.15, 0.2) is 11.9 Å². The van der Waals surface area contributed by atoms with Crippen LogP contribution in [0.3, 0.4) is 0 Å². The second-order valence-electron chi connectivity index (χ2n) is 17.4. The van der Waals surface area contributed by atoms with Crippen molar-refractivity contribution in [1.29, 1.82) is 5.41 Å². The molecule has 1 aromatic rings. The van der Waals surface area contributed by atoms with Crippen LogP contribution in [0.1, 0.15) is 98.5 Å². The van der Waals surface area contributed by atoms with Crippen LogP contribution in [0.4, 0.5) is 0 Å². The summed E-state index contributed by atoms with van der Waals surface area (Å²) in [7, 11) is 0. The van der Waals surface area contributed by atoms with Crippen LogP contribution in [0.15, 0.2) is 29.3 Å². The van der Waals surface area contributed by atoms with Crippen LogP contribution in [-0.4, -0.2) is 142 Å². The first-order chi connectivity index (χ1) is 28.7. The maximum atomic E-state index is 14.2. The van der Waals surface area contributed by atoms with E-state index in [4.69, 9.17) is 16.9 Å². The number of nitrogens with one attached hydrogen (secondary N) is 5.